The Labute approximate surface area is 126 Å². The molecule has 7 heteroatoms. The molecule has 0 bridgehead atoms. The van der Waals surface area contributed by atoms with Gasteiger partial charge in [0.25, 0.3) is 0 Å². The molecule has 96 valence electrons. The SMILES string of the molecule is Nc1nc(SCc2cncc(Br)c2)nc2sccc12. The molecular formula is C12H9BrN4S2. The van der Waals surface area contributed by atoms with Crippen molar-refractivity contribution in [1.29, 1.82) is 0 Å². The highest BCUT2D eigenvalue weighted by Gasteiger charge is 2.07. The molecule has 2 N–H and O–H groups in total. The maximum atomic E-state index is 5.92. The van der Waals surface area contributed by atoms with Crippen LogP contribution in [0, 0.1) is 0 Å². The van der Waals surface area contributed by atoms with Gasteiger partial charge in [-0.15, -0.1) is 11.3 Å². The minimum absolute atomic E-state index is 0.543. The van der Waals surface area contributed by atoms with Crippen molar-refractivity contribution in [1.82, 2.24) is 15.0 Å². The first-order chi connectivity index (χ1) is 9.22. The zero-order chi connectivity index (χ0) is 13.2. The van der Waals surface area contributed by atoms with Crippen molar-refractivity contribution < 1.29 is 0 Å². The van der Waals surface area contributed by atoms with Gasteiger partial charge in [-0.3, -0.25) is 4.98 Å². The lowest BCUT2D eigenvalue weighted by Crippen LogP contribution is -1.95. The van der Waals surface area contributed by atoms with Crippen molar-refractivity contribution in [3.8, 4) is 0 Å². The third-order valence-electron chi connectivity index (χ3n) is 2.46. The summed E-state index contributed by atoms with van der Waals surface area (Å²) in [6.07, 6.45) is 3.60. The summed E-state index contributed by atoms with van der Waals surface area (Å²) < 4.78 is 0.972. The zero-order valence-electron chi connectivity index (χ0n) is 9.71. The normalized spacial score (nSPS) is 11.0. The summed E-state index contributed by atoms with van der Waals surface area (Å²) in [7, 11) is 0. The van der Waals surface area contributed by atoms with Crippen LogP contribution in [0.2, 0.25) is 0 Å². The van der Waals surface area contributed by atoms with Crippen LogP contribution in [-0.2, 0) is 5.75 Å². The summed E-state index contributed by atoms with van der Waals surface area (Å²) in [5.74, 6) is 1.31. The van der Waals surface area contributed by atoms with E-state index in [9.17, 15) is 0 Å². The molecule has 4 nitrogen and oxygen atoms in total. The summed E-state index contributed by atoms with van der Waals surface area (Å²) in [6, 6.07) is 3.98. The van der Waals surface area contributed by atoms with E-state index in [0.29, 0.717) is 11.0 Å². The first-order valence-corrected chi connectivity index (χ1v) is 8.11. The molecule has 0 aliphatic heterocycles. The molecule has 0 fully saturated rings. The van der Waals surface area contributed by atoms with Crippen molar-refractivity contribution in [3.05, 3.63) is 39.9 Å². The zero-order valence-corrected chi connectivity index (χ0v) is 12.9. The van der Waals surface area contributed by atoms with Gasteiger partial charge in [0.1, 0.15) is 10.6 Å². The number of halogens is 1. The molecule has 3 aromatic rings. The lowest BCUT2D eigenvalue weighted by molar-refractivity contribution is 1.02. The Hall–Kier alpha value is -1.18. The molecule has 0 spiro atoms. The highest BCUT2D eigenvalue weighted by Crippen LogP contribution is 2.27. The first kappa shape index (κ1) is 12.8. The molecule has 0 saturated carbocycles. The smallest absolute Gasteiger partial charge is 0.191 e. The average Bonchev–Trinajstić information content (AvgIpc) is 2.85. The van der Waals surface area contributed by atoms with Gasteiger partial charge >= 0.3 is 0 Å². The second-order valence-corrected chi connectivity index (χ2v) is 6.58. The van der Waals surface area contributed by atoms with Crippen LogP contribution in [0.3, 0.4) is 0 Å². The number of aromatic nitrogens is 3. The predicted molar refractivity (Wildman–Crippen MR) is 83.3 cm³/mol. The molecule has 0 saturated heterocycles. The van der Waals surface area contributed by atoms with Crippen LogP contribution < -0.4 is 5.73 Å². The van der Waals surface area contributed by atoms with Crippen LogP contribution in [0.5, 0.6) is 0 Å². The number of fused-ring (bicyclic) bond motifs is 1. The van der Waals surface area contributed by atoms with Gasteiger partial charge in [0, 0.05) is 22.6 Å². The molecule has 0 aliphatic rings. The summed E-state index contributed by atoms with van der Waals surface area (Å²) in [5, 5.41) is 3.61. The Kier molecular flexibility index (Phi) is 3.67. The van der Waals surface area contributed by atoms with E-state index >= 15 is 0 Å². The second-order valence-electron chi connectivity index (χ2n) is 3.83. The topological polar surface area (TPSA) is 64.7 Å². The Morgan fingerprint density at radius 3 is 3.05 bits per heavy atom. The Morgan fingerprint density at radius 1 is 1.32 bits per heavy atom. The third kappa shape index (κ3) is 2.88. The second kappa shape index (κ2) is 5.44. The molecule has 3 aromatic heterocycles. The van der Waals surface area contributed by atoms with Gasteiger partial charge < -0.3 is 5.73 Å². The number of hydrogen-bond donors (Lipinski definition) is 1. The third-order valence-corrected chi connectivity index (χ3v) is 4.62. The van der Waals surface area contributed by atoms with E-state index in [1.807, 2.05) is 23.7 Å². The monoisotopic (exact) mass is 352 g/mol. The van der Waals surface area contributed by atoms with E-state index in [-0.39, 0.29) is 0 Å². The van der Waals surface area contributed by atoms with Crippen molar-refractivity contribution in [3.63, 3.8) is 0 Å². The van der Waals surface area contributed by atoms with Gasteiger partial charge in [-0.25, -0.2) is 9.97 Å². The summed E-state index contributed by atoms with van der Waals surface area (Å²) in [6.45, 7) is 0. The lowest BCUT2D eigenvalue weighted by Gasteiger charge is -2.02. The Morgan fingerprint density at radius 2 is 2.21 bits per heavy atom. The number of rotatable bonds is 3. The fourth-order valence-corrected chi connectivity index (χ4v) is 3.62. The van der Waals surface area contributed by atoms with Gasteiger partial charge in [0.15, 0.2) is 5.16 Å². The largest absolute Gasteiger partial charge is 0.383 e. The quantitative estimate of drug-likeness (QED) is 0.574. The molecule has 0 amide bonds. The highest BCUT2D eigenvalue weighted by atomic mass is 79.9. The van der Waals surface area contributed by atoms with Gasteiger partial charge in [-0.1, -0.05) is 11.8 Å². The van der Waals surface area contributed by atoms with E-state index < -0.39 is 0 Å². The average molecular weight is 353 g/mol. The standard InChI is InChI=1S/C12H9BrN4S2/c13-8-3-7(4-15-5-8)6-19-12-16-10(14)9-1-2-18-11(9)17-12/h1-5H,6H2,(H2,14,16,17). The van der Waals surface area contributed by atoms with Crippen LogP contribution in [0.4, 0.5) is 5.82 Å². The molecule has 3 rings (SSSR count). The number of anilines is 1. The fraction of sp³-hybridized carbons (Fsp3) is 0.0833. The molecule has 0 radical (unpaired) electrons. The van der Waals surface area contributed by atoms with Gasteiger partial charge in [0.05, 0.1) is 5.39 Å². The van der Waals surface area contributed by atoms with E-state index in [2.05, 4.69) is 30.9 Å². The van der Waals surface area contributed by atoms with Gasteiger partial charge in [-0.05, 0) is 39.0 Å². The van der Waals surface area contributed by atoms with Crippen molar-refractivity contribution >= 4 is 55.1 Å². The summed E-state index contributed by atoms with van der Waals surface area (Å²) in [4.78, 5) is 13.9. The van der Waals surface area contributed by atoms with Crippen LogP contribution >= 0.6 is 39.0 Å². The number of thioether (sulfide) groups is 1. The number of thiophene rings is 1. The van der Waals surface area contributed by atoms with E-state index in [4.69, 9.17) is 5.73 Å². The Balaban J connectivity index is 1.81. The number of nitrogens with zero attached hydrogens (tertiary/aromatic N) is 3. The molecule has 0 unspecified atom stereocenters. The van der Waals surface area contributed by atoms with E-state index in [1.165, 1.54) is 0 Å². The van der Waals surface area contributed by atoms with Crippen LogP contribution in [0.15, 0.2) is 39.5 Å². The fourth-order valence-electron chi connectivity index (χ4n) is 1.61. The Bertz CT molecular complexity index is 729. The minimum atomic E-state index is 0.543. The van der Waals surface area contributed by atoms with Gasteiger partial charge in [0.2, 0.25) is 0 Å². The minimum Gasteiger partial charge on any atom is -0.383 e. The van der Waals surface area contributed by atoms with E-state index in [0.717, 1.165) is 26.0 Å². The molecule has 0 aromatic carbocycles. The van der Waals surface area contributed by atoms with Crippen molar-refractivity contribution in [2.75, 3.05) is 5.73 Å². The number of hydrogen-bond acceptors (Lipinski definition) is 6. The molecule has 3 heterocycles. The molecule has 0 atom stereocenters. The maximum Gasteiger partial charge on any atom is 0.191 e. The summed E-state index contributed by atoms with van der Waals surface area (Å²) >= 11 is 6.54. The summed E-state index contributed by atoms with van der Waals surface area (Å²) in [5.41, 5.74) is 7.04. The lowest BCUT2D eigenvalue weighted by atomic mass is 10.3. The predicted octanol–water partition coefficient (Wildman–Crippen LogP) is 3.72. The van der Waals surface area contributed by atoms with Crippen molar-refractivity contribution in [2.45, 2.75) is 10.9 Å². The molecule has 0 aliphatic carbocycles. The molecular weight excluding hydrogens is 344 g/mol. The van der Waals surface area contributed by atoms with Crippen LogP contribution in [0.25, 0.3) is 10.2 Å². The number of pyridine rings is 1. The highest BCUT2D eigenvalue weighted by molar-refractivity contribution is 9.10. The van der Waals surface area contributed by atoms with Crippen LogP contribution in [0.1, 0.15) is 5.56 Å². The van der Waals surface area contributed by atoms with Crippen molar-refractivity contribution in [2.24, 2.45) is 0 Å². The molecule has 19 heavy (non-hydrogen) atoms. The van der Waals surface area contributed by atoms with Gasteiger partial charge in [-0.2, -0.15) is 0 Å². The number of nitrogen functional groups attached to an aromatic ring is 1. The number of nitrogens with two attached hydrogens (primary N) is 1. The van der Waals surface area contributed by atoms with E-state index in [1.54, 1.807) is 29.3 Å². The maximum absolute atomic E-state index is 5.92. The van der Waals surface area contributed by atoms with Crippen LogP contribution in [-0.4, -0.2) is 15.0 Å². The first-order valence-electron chi connectivity index (χ1n) is 5.45.